The highest BCUT2D eigenvalue weighted by molar-refractivity contribution is 9.10. The van der Waals surface area contributed by atoms with Crippen molar-refractivity contribution in [3.05, 3.63) is 22.3 Å². The zero-order valence-corrected chi connectivity index (χ0v) is 11.1. The minimum atomic E-state index is -1.44. The molecular formula is C11H14BrN3O2. The van der Waals surface area contributed by atoms with Crippen molar-refractivity contribution in [1.82, 2.24) is 4.98 Å². The molecule has 1 aliphatic rings. The largest absolute Gasteiger partial charge is 0.378 e. The normalized spacial score (nSPS) is 24.1. The van der Waals surface area contributed by atoms with E-state index in [2.05, 4.69) is 20.9 Å². The van der Waals surface area contributed by atoms with E-state index in [4.69, 9.17) is 5.73 Å². The number of β-amino-alcohol motifs (C(OH)–C–C–N with tert-alkyl or cyclic N) is 1. The number of anilines is 1. The van der Waals surface area contributed by atoms with Crippen LogP contribution in [0.1, 0.15) is 12.0 Å². The number of aromatic nitrogens is 1. The van der Waals surface area contributed by atoms with Crippen LogP contribution < -0.4 is 10.6 Å². The summed E-state index contributed by atoms with van der Waals surface area (Å²) in [5, 5.41) is 9.99. The number of primary amides is 1. The maximum atomic E-state index is 11.2. The predicted octanol–water partition coefficient (Wildman–Crippen LogP) is 0.579. The molecule has 1 aromatic heterocycles. The van der Waals surface area contributed by atoms with E-state index in [-0.39, 0.29) is 6.54 Å². The molecule has 2 rings (SSSR count). The second kappa shape index (κ2) is 4.27. The Hall–Kier alpha value is -1.14. The van der Waals surface area contributed by atoms with Gasteiger partial charge >= 0.3 is 0 Å². The lowest BCUT2D eigenvalue weighted by atomic mass is 10.0. The third-order valence-electron chi connectivity index (χ3n) is 2.96. The third kappa shape index (κ3) is 2.28. The van der Waals surface area contributed by atoms with Crippen LogP contribution in [0.2, 0.25) is 0 Å². The first-order chi connectivity index (χ1) is 7.92. The molecule has 1 atom stereocenters. The number of aliphatic hydroxyl groups is 1. The van der Waals surface area contributed by atoms with Gasteiger partial charge in [0.25, 0.3) is 5.91 Å². The van der Waals surface area contributed by atoms with Crippen molar-refractivity contribution < 1.29 is 9.90 Å². The molecule has 92 valence electrons. The van der Waals surface area contributed by atoms with Crippen LogP contribution in [0.4, 0.5) is 5.82 Å². The zero-order valence-electron chi connectivity index (χ0n) is 9.48. The summed E-state index contributed by atoms with van der Waals surface area (Å²) in [6.07, 6.45) is 2.09. The van der Waals surface area contributed by atoms with E-state index in [0.717, 1.165) is 15.9 Å². The molecule has 0 radical (unpaired) electrons. The number of nitrogens with two attached hydrogens (primary N) is 1. The fourth-order valence-corrected chi connectivity index (χ4v) is 2.65. The van der Waals surface area contributed by atoms with Gasteiger partial charge in [-0.3, -0.25) is 4.79 Å². The predicted molar refractivity (Wildman–Crippen MR) is 67.6 cm³/mol. The molecule has 0 saturated carbocycles. The Bertz CT molecular complexity index is 466. The van der Waals surface area contributed by atoms with Crippen LogP contribution in [-0.2, 0) is 4.79 Å². The fraction of sp³-hybridized carbons (Fsp3) is 0.455. The molecule has 0 bridgehead atoms. The Morgan fingerprint density at radius 1 is 1.71 bits per heavy atom. The van der Waals surface area contributed by atoms with Crippen molar-refractivity contribution in [2.24, 2.45) is 5.73 Å². The highest BCUT2D eigenvalue weighted by Crippen LogP contribution is 2.30. The van der Waals surface area contributed by atoms with E-state index in [1.54, 1.807) is 6.20 Å². The number of hydrogen-bond donors (Lipinski definition) is 2. The van der Waals surface area contributed by atoms with E-state index in [9.17, 15) is 9.90 Å². The monoisotopic (exact) mass is 299 g/mol. The number of pyridine rings is 1. The topological polar surface area (TPSA) is 79.4 Å². The average Bonchev–Trinajstić information content (AvgIpc) is 2.62. The standard InChI is InChI=1S/C11H14BrN3O2/c1-7-4-8(12)9(14-5-7)15-3-2-11(17,6-15)10(13)16/h4-5,17H,2-3,6H2,1H3,(H2,13,16)/t11-/m0/s1. The molecule has 1 saturated heterocycles. The quantitative estimate of drug-likeness (QED) is 0.837. The van der Waals surface area contributed by atoms with E-state index in [1.165, 1.54) is 0 Å². The lowest BCUT2D eigenvalue weighted by Crippen LogP contribution is -2.46. The minimum Gasteiger partial charge on any atom is -0.378 e. The summed E-state index contributed by atoms with van der Waals surface area (Å²) >= 11 is 3.43. The first-order valence-corrected chi connectivity index (χ1v) is 6.11. The third-order valence-corrected chi connectivity index (χ3v) is 3.55. The fourth-order valence-electron chi connectivity index (χ4n) is 1.93. The van der Waals surface area contributed by atoms with Crippen LogP contribution in [0.5, 0.6) is 0 Å². The van der Waals surface area contributed by atoms with Crippen molar-refractivity contribution in [2.45, 2.75) is 18.9 Å². The summed E-state index contributed by atoms with van der Waals surface area (Å²) in [7, 11) is 0. The molecule has 1 aliphatic heterocycles. The summed E-state index contributed by atoms with van der Waals surface area (Å²) in [5.41, 5.74) is 4.79. The molecule has 0 spiro atoms. The van der Waals surface area contributed by atoms with Gasteiger partial charge in [-0.2, -0.15) is 0 Å². The maximum Gasteiger partial charge on any atom is 0.251 e. The zero-order chi connectivity index (χ0) is 12.6. The number of carbonyl (C=O) groups is 1. The smallest absolute Gasteiger partial charge is 0.251 e. The molecule has 5 nitrogen and oxygen atoms in total. The molecule has 0 aromatic carbocycles. The first kappa shape index (κ1) is 12.3. The van der Waals surface area contributed by atoms with Crippen molar-refractivity contribution >= 4 is 27.7 Å². The van der Waals surface area contributed by atoms with Crippen molar-refractivity contribution in [3.8, 4) is 0 Å². The Morgan fingerprint density at radius 3 is 2.94 bits per heavy atom. The van der Waals surface area contributed by atoms with E-state index >= 15 is 0 Å². The van der Waals surface area contributed by atoms with Gasteiger partial charge in [-0.05, 0) is 34.5 Å². The highest BCUT2D eigenvalue weighted by Gasteiger charge is 2.42. The number of nitrogens with zero attached hydrogens (tertiary/aromatic N) is 2. The van der Waals surface area contributed by atoms with E-state index in [1.807, 2.05) is 17.9 Å². The number of aryl methyl sites for hydroxylation is 1. The number of rotatable bonds is 2. The van der Waals surface area contributed by atoms with Gasteiger partial charge < -0.3 is 15.7 Å². The molecule has 6 heteroatoms. The summed E-state index contributed by atoms with van der Waals surface area (Å²) in [6.45, 7) is 2.70. The van der Waals surface area contributed by atoms with Crippen molar-refractivity contribution in [3.63, 3.8) is 0 Å². The number of hydrogen-bond acceptors (Lipinski definition) is 4. The van der Waals surface area contributed by atoms with Crippen LogP contribution in [0.15, 0.2) is 16.7 Å². The lowest BCUT2D eigenvalue weighted by Gasteiger charge is -2.21. The van der Waals surface area contributed by atoms with Crippen LogP contribution >= 0.6 is 15.9 Å². The molecule has 0 aliphatic carbocycles. The van der Waals surface area contributed by atoms with Gasteiger partial charge in [-0.25, -0.2) is 4.98 Å². The number of carbonyl (C=O) groups excluding carboxylic acids is 1. The van der Waals surface area contributed by atoms with Crippen LogP contribution in [0.25, 0.3) is 0 Å². The molecule has 1 fully saturated rings. The number of amides is 1. The molecule has 2 heterocycles. The van der Waals surface area contributed by atoms with Crippen molar-refractivity contribution in [1.29, 1.82) is 0 Å². The molecular weight excluding hydrogens is 286 g/mol. The van der Waals surface area contributed by atoms with Gasteiger partial charge in [0, 0.05) is 19.2 Å². The van der Waals surface area contributed by atoms with Gasteiger partial charge in [-0.15, -0.1) is 0 Å². The Morgan fingerprint density at radius 2 is 2.41 bits per heavy atom. The van der Waals surface area contributed by atoms with Crippen LogP contribution in [0.3, 0.4) is 0 Å². The Kier molecular flexibility index (Phi) is 3.09. The maximum absolute atomic E-state index is 11.2. The number of halogens is 1. The molecule has 1 amide bonds. The van der Waals surface area contributed by atoms with Crippen LogP contribution in [0, 0.1) is 6.92 Å². The summed E-state index contributed by atoms with van der Waals surface area (Å²) in [6, 6.07) is 1.95. The van der Waals surface area contributed by atoms with E-state index < -0.39 is 11.5 Å². The van der Waals surface area contributed by atoms with Gasteiger partial charge in [0.05, 0.1) is 11.0 Å². The first-order valence-electron chi connectivity index (χ1n) is 5.32. The van der Waals surface area contributed by atoms with Crippen molar-refractivity contribution in [2.75, 3.05) is 18.0 Å². The highest BCUT2D eigenvalue weighted by atomic mass is 79.9. The molecule has 3 N–H and O–H groups in total. The summed E-state index contributed by atoms with van der Waals surface area (Å²) < 4.78 is 0.853. The lowest BCUT2D eigenvalue weighted by molar-refractivity contribution is -0.134. The molecule has 1 aromatic rings. The molecule has 0 unspecified atom stereocenters. The van der Waals surface area contributed by atoms with Gasteiger partial charge in [-0.1, -0.05) is 0 Å². The average molecular weight is 300 g/mol. The second-order valence-electron chi connectivity index (χ2n) is 4.39. The Balaban J connectivity index is 2.24. The van der Waals surface area contributed by atoms with Gasteiger partial charge in [0.1, 0.15) is 5.82 Å². The Labute approximate surface area is 108 Å². The summed E-state index contributed by atoms with van der Waals surface area (Å²) in [4.78, 5) is 17.3. The summed E-state index contributed by atoms with van der Waals surface area (Å²) in [5.74, 6) is 0.0519. The van der Waals surface area contributed by atoms with E-state index in [0.29, 0.717) is 13.0 Å². The minimum absolute atomic E-state index is 0.191. The van der Waals surface area contributed by atoms with Gasteiger partial charge in [0.15, 0.2) is 5.60 Å². The second-order valence-corrected chi connectivity index (χ2v) is 5.24. The molecule has 17 heavy (non-hydrogen) atoms. The van der Waals surface area contributed by atoms with Crippen LogP contribution in [-0.4, -0.2) is 34.7 Å². The SMILES string of the molecule is Cc1cnc(N2CC[C@@](O)(C(N)=O)C2)c(Br)c1. The van der Waals surface area contributed by atoms with Gasteiger partial charge in [0.2, 0.25) is 0 Å².